The molecule has 0 radical (unpaired) electrons. The lowest BCUT2D eigenvalue weighted by Crippen LogP contribution is -2.39. The molecule has 0 spiro atoms. The van der Waals surface area contributed by atoms with Crippen molar-refractivity contribution in [2.75, 3.05) is 6.54 Å². The number of hydrogen-bond acceptors (Lipinski definition) is 3. The number of fused-ring (bicyclic) bond motifs is 1. The average Bonchev–Trinajstić information content (AvgIpc) is 2.36. The molecule has 0 saturated heterocycles. The molecule has 1 aromatic rings. The molecule has 1 aliphatic carbocycles. The first-order valence-corrected chi connectivity index (χ1v) is 6.80. The first-order chi connectivity index (χ1) is 9.08. The molecule has 0 saturated carbocycles. The number of aliphatic carboxylic acids is 1. The number of carbonyl (C=O) groups is 1. The molecule has 19 heavy (non-hydrogen) atoms. The molecule has 0 aromatic heterocycles. The standard InChI is InChI=1S/C15H21NO3/c1-10-4-6-12-11(9-10)5-7-13(15(12)19)16-8-2-3-14(17)18/h4,6,9,13,15-16,19H,2-3,5,7-8H2,1H3,(H,17,18). The summed E-state index contributed by atoms with van der Waals surface area (Å²) in [5, 5.41) is 22.2. The lowest BCUT2D eigenvalue weighted by molar-refractivity contribution is -0.137. The molecule has 4 nitrogen and oxygen atoms in total. The monoisotopic (exact) mass is 263 g/mol. The van der Waals surface area contributed by atoms with E-state index in [2.05, 4.69) is 18.3 Å². The van der Waals surface area contributed by atoms with Crippen molar-refractivity contribution < 1.29 is 15.0 Å². The van der Waals surface area contributed by atoms with Gasteiger partial charge in [-0.1, -0.05) is 23.8 Å². The van der Waals surface area contributed by atoms with Gasteiger partial charge < -0.3 is 15.5 Å². The van der Waals surface area contributed by atoms with Crippen molar-refractivity contribution in [3.8, 4) is 0 Å². The topological polar surface area (TPSA) is 69.6 Å². The molecule has 0 heterocycles. The molecular formula is C15H21NO3. The number of rotatable bonds is 5. The van der Waals surface area contributed by atoms with Gasteiger partial charge in [-0.3, -0.25) is 4.79 Å². The Morgan fingerprint density at radius 3 is 3.00 bits per heavy atom. The van der Waals surface area contributed by atoms with Crippen LogP contribution in [0.5, 0.6) is 0 Å². The largest absolute Gasteiger partial charge is 0.481 e. The predicted octanol–water partition coefficient (Wildman–Crippen LogP) is 1.80. The van der Waals surface area contributed by atoms with Crippen molar-refractivity contribution in [3.63, 3.8) is 0 Å². The van der Waals surface area contributed by atoms with E-state index in [0.29, 0.717) is 13.0 Å². The highest BCUT2D eigenvalue weighted by Gasteiger charge is 2.27. The van der Waals surface area contributed by atoms with Crippen molar-refractivity contribution in [1.82, 2.24) is 5.32 Å². The summed E-state index contributed by atoms with van der Waals surface area (Å²) in [7, 11) is 0. The Bertz CT molecular complexity index is 459. The Labute approximate surface area is 113 Å². The van der Waals surface area contributed by atoms with Crippen LogP contribution < -0.4 is 5.32 Å². The summed E-state index contributed by atoms with van der Waals surface area (Å²) >= 11 is 0. The van der Waals surface area contributed by atoms with Gasteiger partial charge in [0.05, 0.1) is 6.10 Å². The van der Waals surface area contributed by atoms with Crippen LogP contribution in [0.4, 0.5) is 0 Å². The van der Waals surface area contributed by atoms with E-state index in [4.69, 9.17) is 5.11 Å². The van der Waals surface area contributed by atoms with Crippen LogP contribution in [-0.2, 0) is 11.2 Å². The van der Waals surface area contributed by atoms with Crippen LogP contribution in [0.15, 0.2) is 18.2 Å². The Balaban J connectivity index is 1.92. The molecule has 4 heteroatoms. The Kier molecular flexibility index (Phi) is 4.56. The zero-order chi connectivity index (χ0) is 13.8. The molecule has 1 aliphatic rings. The quantitative estimate of drug-likeness (QED) is 0.708. The summed E-state index contributed by atoms with van der Waals surface area (Å²) in [6.07, 6.45) is 2.13. The lowest BCUT2D eigenvalue weighted by atomic mass is 9.85. The van der Waals surface area contributed by atoms with Crippen molar-refractivity contribution in [3.05, 3.63) is 34.9 Å². The third kappa shape index (κ3) is 3.55. The maximum atomic E-state index is 10.4. The van der Waals surface area contributed by atoms with Crippen LogP contribution in [-0.4, -0.2) is 28.8 Å². The first-order valence-electron chi connectivity index (χ1n) is 6.80. The molecule has 104 valence electrons. The summed E-state index contributed by atoms with van der Waals surface area (Å²) in [6.45, 7) is 2.69. The zero-order valence-electron chi connectivity index (χ0n) is 11.2. The van der Waals surface area contributed by atoms with Crippen molar-refractivity contribution >= 4 is 5.97 Å². The molecular weight excluding hydrogens is 242 g/mol. The second kappa shape index (κ2) is 6.17. The van der Waals surface area contributed by atoms with Crippen molar-refractivity contribution in [2.45, 2.75) is 44.8 Å². The third-order valence-electron chi connectivity index (χ3n) is 3.70. The van der Waals surface area contributed by atoms with E-state index in [1.165, 1.54) is 11.1 Å². The second-order valence-corrected chi connectivity index (χ2v) is 5.24. The van der Waals surface area contributed by atoms with E-state index in [0.717, 1.165) is 18.4 Å². The summed E-state index contributed by atoms with van der Waals surface area (Å²) in [5.41, 5.74) is 3.46. The fourth-order valence-electron chi connectivity index (χ4n) is 2.67. The smallest absolute Gasteiger partial charge is 0.303 e. The Morgan fingerprint density at radius 2 is 2.26 bits per heavy atom. The van der Waals surface area contributed by atoms with Gasteiger partial charge in [-0.15, -0.1) is 0 Å². The van der Waals surface area contributed by atoms with Gasteiger partial charge in [-0.05, 0) is 43.9 Å². The number of aliphatic hydroxyl groups is 1. The predicted molar refractivity (Wildman–Crippen MR) is 73.1 cm³/mol. The van der Waals surface area contributed by atoms with E-state index in [-0.39, 0.29) is 12.5 Å². The summed E-state index contributed by atoms with van der Waals surface area (Å²) in [6, 6.07) is 6.19. The highest BCUT2D eigenvalue weighted by Crippen LogP contribution is 2.30. The van der Waals surface area contributed by atoms with Gasteiger partial charge >= 0.3 is 5.97 Å². The van der Waals surface area contributed by atoms with Gasteiger partial charge in [-0.25, -0.2) is 0 Å². The Morgan fingerprint density at radius 1 is 1.47 bits per heavy atom. The number of nitrogens with one attached hydrogen (secondary N) is 1. The molecule has 0 aliphatic heterocycles. The van der Waals surface area contributed by atoms with E-state index < -0.39 is 12.1 Å². The highest BCUT2D eigenvalue weighted by atomic mass is 16.4. The van der Waals surface area contributed by atoms with Gasteiger partial charge in [-0.2, -0.15) is 0 Å². The zero-order valence-corrected chi connectivity index (χ0v) is 11.2. The summed E-state index contributed by atoms with van der Waals surface area (Å²) in [5.74, 6) is -0.771. The van der Waals surface area contributed by atoms with Crippen LogP contribution in [0.3, 0.4) is 0 Å². The van der Waals surface area contributed by atoms with Crippen LogP contribution in [0.2, 0.25) is 0 Å². The van der Waals surface area contributed by atoms with Crippen molar-refractivity contribution in [2.24, 2.45) is 0 Å². The van der Waals surface area contributed by atoms with Gasteiger partial charge in [0.25, 0.3) is 0 Å². The molecule has 0 fully saturated rings. The number of carboxylic acids is 1. The molecule has 2 rings (SSSR count). The number of aliphatic hydroxyl groups excluding tert-OH is 1. The molecule has 1 aromatic carbocycles. The first kappa shape index (κ1) is 14.0. The third-order valence-corrected chi connectivity index (χ3v) is 3.70. The molecule has 2 unspecified atom stereocenters. The minimum Gasteiger partial charge on any atom is -0.481 e. The SMILES string of the molecule is Cc1ccc2c(c1)CCC(NCCCC(=O)O)C2O. The van der Waals surface area contributed by atoms with Gasteiger partial charge in [0.1, 0.15) is 0 Å². The average molecular weight is 263 g/mol. The van der Waals surface area contributed by atoms with E-state index in [1.807, 2.05) is 12.1 Å². The number of carboxylic acid groups (broad SMARTS) is 1. The maximum absolute atomic E-state index is 10.4. The molecule has 2 atom stereocenters. The minimum absolute atomic E-state index is 0.0315. The fraction of sp³-hybridized carbons (Fsp3) is 0.533. The maximum Gasteiger partial charge on any atom is 0.303 e. The number of hydrogen-bond donors (Lipinski definition) is 3. The molecule has 0 amide bonds. The van der Waals surface area contributed by atoms with Crippen molar-refractivity contribution in [1.29, 1.82) is 0 Å². The highest BCUT2D eigenvalue weighted by molar-refractivity contribution is 5.66. The molecule has 3 N–H and O–H groups in total. The number of benzene rings is 1. The second-order valence-electron chi connectivity index (χ2n) is 5.24. The Hall–Kier alpha value is -1.39. The minimum atomic E-state index is -0.771. The van der Waals surface area contributed by atoms with Crippen LogP contribution in [0.25, 0.3) is 0 Å². The van der Waals surface area contributed by atoms with Crippen LogP contribution in [0.1, 0.15) is 42.1 Å². The van der Waals surface area contributed by atoms with Gasteiger partial charge in [0.15, 0.2) is 0 Å². The number of aryl methyl sites for hydroxylation is 2. The normalized spacial score (nSPS) is 22.0. The molecule has 0 bridgehead atoms. The van der Waals surface area contributed by atoms with Gasteiger partial charge in [0.2, 0.25) is 0 Å². The van der Waals surface area contributed by atoms with E-state index in [9.17, 15) is 9.90 Å². The summed E-state index contributed by atoms with van der Waals surface area (Å²) < 4.78 is 0. The van der Waals surface area contributed by atoms with Gasteiger partial charge in [0, 0.05) is 12.5 Å². The lowest BCUT2D eigenvalue weighted by Gasteiger charge is -2.31. The summed E-state index contributed by atoms with van der Waals surface area (Å²) in [4.78, 5) is 10.4. The van der Waals surface area contributed by atoms with E-state index in [1.54, 1.807) is 0 Å². The van der Waals surface area contributed by atoms with E-state index >= 15 is 0 Å². The van der Waals surface area contributed by atoms with Crippen LogP contribution in [0, 0.1) is 6.92 Å². The fourth-order valence-corrected chi connectivity index (χ4v) is 2.67. The van der Waals surface area contributed by atoms with Crippen LogP contribution >= 0.6 is 0 Å².